The molecule has 1 aliphatic rings. The number of rotatable bonds is 2. The minimum atomic E-state index is 0.0847. The molecular weight excluding hydrogens is 138 g/mol. The first-order chi connectivity index (χ1) is 5.25. The molecule has 1 aliphatic carbocycles. The first kappa shape index (κ1) is 8.34. The van der Waals surface area contributed by atoms with Gasteiger partial charge < -0.3 is 10.5 Å². The van der Waals surface area contributed by atoms with E-state index < -0.39 is 0 Å². The summed E-state index contributed by atoms with van der Waals surface area (Å²) < 4.78 is 5.21. The van der Waals surface area contributed by atoms with Gasteiger partial charge >= 0.3 is 0 Å². The number of methoxy groups -OCH3 is 1. The molecule has 2 nitrogen and oxygen atoms in total. The van der Waals surface area contributed by atoms with Gasteiger partial charge in [0.05, 0.1) is 7.11 Å². The summed E-state index contributed by atoms with van der Waals surface area (Å²) in [6, 6.07) is 0.0847. The molecule has 0 bridgehead atoms. The highest BCUT2D eigenvalue weighted by atomic mass is 16.5. The van der Waals surface area contributed by atoms with Crippen molar-refractivity contribution in [1.29, 1.82) is 0 Å². The van der Waals surface area contributed by atoms with Crippen molar-refractivity contribution < 1.29 is 4.74 Å². The van der Waals surface area contributed by atoms with E-state index in [2.05, 4.69) is 12.2 Å². The number of allylic oxidation sites excluding steroid dienone is 2. The normalized spacial score (nSPS) is 20.3. The predicted octanol–water partition coefficient (Wildman–Crippen LogP) is 1.58. The van der Waals surface area contributed by atoms with Gasteiger partial charge in [-0.25, -0.2) is 0 Å². The quantitative estimate of drug-likeness (QED) is 0.653. The molecule has 0 spiro atoms. The van der Waals surface area contributed by atoms with E-state index in [1.165, 1.54) is 0 Å². The minimum Gasteiger partial charge on any atom is -0.501 e. The van der Waals surface area contributed by atoms with E-state index in [0.717, 1.165) is 24.2 Å². The zero-order chi connectivity index (χ0) is 8.27. The van der Waals surface area contributed by atoms with Crippen LogP contribution >= 0.6 is 0 Å². The zero-order valence-electron chi connectivity index (χ0n) is 7.13. The Kier molecular flexibility index (Phi) is 2.71. The fourth-order valence-electron chi connectivity index (χ4n) is 1.29. The van der Waals surface area contributed by atoms with Crippen LogP contribution in [0.1, 0.15) is 19.8 Å². The van der Waals surface area contributed by atoms with E-state index in [4.69, 9.17) is 10.5 Å². The van der Waals surface area contributed by atoms with E-state index in [1.807, 2.05) is 6.92 Å². The maximum atomic E-state index is 5.74. The molecular formula is C9H15NO. The Morgan fingerprint density at radius 1 is 1.64 bits per heavy atom. The van der Waals surface area contributed by atoms with Gasteiger partial charge in [-0.3, -0.25) is 0 Å². The van der Waals surface area contributed by atoms with Crippen LogP contribution in [0.3, 0.4) is 0 Å². The highest BCUT2D eigenvalue weighted by molar-refractivity contribution is 5.30. The van der Waals surface area contributed by atoms with Crippen LogP contribution in [-0.4, -0.2) is 13.2 Å². The van der Waals surface area contributed by atoms with Crippen molar-refractivity contribution >= 4 is 0 Å². The van der Waals surface area contributed by atoms with Crippen LogP contribution in [0.25, 0.3) is 0 Å². The summed E-state index contributed by atoms with van der Waals surface area (Å²) in [7, 11) is 1.71. The zero-order valence-corrected chi connectivity index (χ0v) is 7.13. The van der Waals surface area contributed by atoms with E-state index in [0.29, 0.717) is 0 Å². The second-order valence-corrected chi connectivity index (χ2v) is 2.81. The molecule has 0 aliphatic heterocycles. The van der Waals surface area contributed by atoms with Crippen molar-refractivity contribution in [2.45, 2.75) is 25.8 Å². The van der Waals surface area contributed by atoms with E-state index in [1.54, 1.807) is 7.11 Å². The molecule has 2 heteroatoms. The molecule has 0 aromatic carbocycles. The monoisotopic (exact) mass is 153 g/mol. The van der Waals surface area contributed by atoms with Crippen molar-refractivity contribution in [3.05, 3.63) is 23.5 Å². The second-order valence-electron chi connectivity index (χ2n) is 2.81. The molecule has 0 saturated carbocycles. The third-order valence-corrected chi connectivity index (χ3v) is 1.89. The van der Waals surface area contributed by atoms with Crippen molar-refractivity contribution in [3.8, 4) is 0 Å². The largest absolute Gasteiger partial charge is 0.501 e. The molecule has 0 amide bonds. The van der Waals surface area contributed by atoms with Gasteiger partial charge in [0.25, 0.3) is 0 Å². The van der Waals surface area contributed by atoms with E-state index >= 15 is 0 Å². The van der Waals surface area contributed by atoms with Gasteiger partial charge in [0, 0.05) is 18.0 Å². The molecule has 1 atom stereocenters. The Bertz CT molecular complexity index is 192. The van der Waals surface area contributed by atoms with Crippen molar-refractivity contribution in [2.24, 2.45) is 5.73 Å². The van der Waals surface area contributed by atoms with Crippen molar-refractivity contribution in [1.82, 2.24) is 0 Å². The molecule has 0 aromatic rings. The maximum Gasteiger partial charge on any atom is 0.101 e. The molecule has 0 aromatic heterocycles. The van der Waals surface area contributed by atoms with Crippen LogP contribution in [0, 0.1) is 0 Å². The minimum absolute atomic E-state index is 0.0847. The predicted molar refractivity (Wildman–Crippen MR) is 46.1 cm³/mol. The number of nitrogens with two attached hydrogens (primary N) is 1. The van der Waals surface area contributed by atoms with Crippen LogP contribution in [-0.2, 0) is 4.74 Å². The first-order valence-electron chi connectivity index (χ1n) is 3.95. The van der Waals surface area contributed by atoms with Crippen molar-refractivity contribution in [3.63, 3.8) is 0 Å². The Morgan fingerprint density at radius 3 is 2.82 bits per heavy atom. The maximum absolute atomic E-state index is 5.74. The molecule has 0 radical (unpaired) electrons. The third-order valence-electron chi connectivity index (χ3n) is 1.89. The van der Waals surface area contributed by atoms with Crippen LogP contribution in [0.4, 0.5) is 0 Å². The van der Waals surface area contributed by atoms with Crippen molar-refractivity contribution in [2.75, 3.05) is 7.11 Å². The highest BCUT2D eigenvalue weighted by Gasteiger charge is 2.11. The summed E-state index contributed by atoms with van der Waals surface area (Å²) in [4.78, 5) is 0. The Hall–Kier alpha value is -0.760. The highest BCUT2D eigenvalue weighted by Crippen LogP contribution is 2.20. The van der Waals surface area contributed by atoms with E-state index in [-0.39, 0.29) is 6.04 Å². The Morgan fingerprint density at radius 2 is 2.36 bits per heavy atom. The van der Waals surface area contributed by atoms with Gasteiger partial charge in [-0.2, -0.15) is 0 Å². The lowest BCUT2D eigenvalue weighted by Crippen LogP contribution is -2.20. The summed E-state index contributed by atoms with van der Waals surface area (Å²) in [5, 5.41) is 0. The number of hydrogen-bond acceptors (Lipinski definition) is 2. The molecule has 0 heterocycles. The number of ether oxygens (including phenoxy) is 1. The third kappa shape index (κ3) is 1.84. The van der Waals surface area contributed by atoms with Gasteiger partial charge in [0.15, 0.2) is 0 Å². The average molecular weight is 153 g/mol. The van der Waals surface area contributed by atoms with Crippen LogP contribution < -0.4 is 5.73 Å². The second kappa shape index (κ2) is 3.58. The lowest BCUT2D eigenvalue weighted by molar-refractivity contribution is 0.270. The average Bonchev–Trinajstić information content (AvgIpc) is 2.04. The van der Waals surface area contributed by atoms with Crippen LogP contribution in [0.5, 0.6) is 0 Å². The topological polar surface area (TPSA) is 35.2 Å². The molecule has 0 fully saturated rings. The van der Waals surface area contributed by atoms with Crippen LogP contribution in [0.15, 0.2) is 23.5 Å². The number of hydrogen-bond donors (Lipinski definition) is 1. The van der Waals surface area contributed by atoms with Gasteiger partial charge in [0.1, 0.15) is 5.76 Å². The van der Waals surface area contributed by atoms with Gasteiger partial charge in [0.2, 0.25) is 0 Å². The Labute approximate surface area is 67.7 Å². The van der Waals surface area contributed by atoms with Gasteiger partial charge in [-0.1, -0.05) is 12.2 Å². The van der Waals surface area contributed by atoms with Gasteiger partial charge in [-0.05, 0) is 13.3 Å². The van der Waals surface area contributed by atoms with Crippen LogP contribution in [0.2, 0.25) is 0 Å². The smallest absolute Gasteiger partial charge is 0.101 e. The molecule has 1 rings (SSSR count). The standard InChI is InChI=1S/C9H15NO/c1-7(10)8-5-3-4-6-9(8)11-2/h3,5,7H,4,6,10H2,1-2H3. The summed E-state index contributed by atoms with van der Waals surface area (Å²) in [5.74, 6) is 1.04. The lowest BCUT2D eigenvalue weighted by Gasteiger charge is -2.16. The fourth-order valence-corrected chi connectivity index (χ4v) is 1.29. The summed E-state index contributed by atoms with van der Waals surface area (Å²) >= 11 is 0. The molecule has 62 valence electrons. The molecule has 1 unspecified atom stereocenters. The summed E-state index contributed by atoms with van der Waals surface area (Å²) in [6.45, 7) is 1.98. The Balaban J connectivity index is 2.83. The molecule has 11 heavy (non-hydrogen) atoms. The molecule has 0 saturated heterocycles. The van der Waals surface area contributed by atoms with E-state index in [9.17, 15) is 0 Å². The summed E-state index contributed by atoms with van der Waals surface area (Å²) in [5.41, 5.74) is 6.88. The van der Waals surface area contributed by atoms with Gasteiger partial charge in [-0.15, -0.1) is 0 Å². The summed E-state index contributed by atoms with van der Waals surface area (Å²) in [6.07, 6.45) is 6.26. The first-order valence-corrected chi connectivity index (χ1v) is 3.95. The fraction of sp³-hybridized carbons (Fsp3) is 0.556. The lowest BCUT2D eigenvalue weighted by atomic mass is 10.00. The SMILES string of the molecule is COC1=C(C(C)N)C=CCC1. The molecule has 2 N–H and O–H groups in total.